The number of carbonyl (C=O) groups excluding carboxylic acids is 1. The third-order valence-electron chi connectivity index (χ3n) is 4.01. The highest BCUT2D eigenvalue weighted by molar-refractivity contribution is 8.00. The Bertz CT molecular complexity index is 663. The summed E-state index contributed by atoms with van der Waals surface area (Å²) in [6.45, 7) is 3.73. The summed E-state index contributed by atoms with van der Waals surface area (Å²) in [6.07, 6.45) is 5.91. The lowest BCUT2D eigenvalue weighted by atomic mass is 10.3. The fourth-order valence-corrected chi connectivity index (χ4v) is 3.69. The number of ether oxygens (including phenoxy) is 1. The molecule has 6 heteroatoms. The first kappa shape index (κ1) is 15.9. The van der Waals surface area contributed by atoms with Crippen LogP contribution in [-0.4, -0.2) is 45.8 Å². The minimum atomic E-state index is -0.132. The van der Waals surface area contributed by atoms with Crippen molar-refractivity contribution in [3.8, 4) is 11.4 Å². The average Bonchev–Trinajstić information content (AvgIpc) is 3.26. The number of rotatable bonds is 5. The van der Waals surface area contributed by atoms with Gasteiger partial charge in [0.2, 0.25) is 5.91 Å². The third kappa shape index (κ3) is 3.52. The predicted octanol–water partition coefficient (Wildman–Crippen LogP) is 2.98. The van der Waals surface area contributed by atoms with E-state index >= 15 is 0 Å². The van der Waals surface area contributed by atoms with Crippen LogP contribution < -0.4 is 4.74 Å². The van der Waals surface area contributed by atoms with E-state index in [4.69, 9.17) is 4.74 Å². The second-order valence-corrected chi connectivity index (χ2v) is 6.88. The summed E-state index contributed by atoms with van der Waals surface area (Å²) in [5, 5.41) is 0.697. The Morgan fingerprint density at radius 1 is 1.26 bits per heavy atom. The second-order valence-electron chi connectivity index (χ2n) is 5.57. The van der Waals surface area contributed by atoms with Crippen molar-refractivity contribution in [3.63, 3.8) is 0 Å². The number of hydrogen-bond acceptors (Lipinski definition) is 4. The van der Waals surface area contributed by atoms with Crippen molar-refractivity contribution in [1.82, 2.24) is 14.5 Å². The van der Waals surface area contributed by atoms with E-state index in [0.717, 1.165) is 42.5 Å². The van der Waals surface area contributed by atoms with Crippen LogP contribution in [0, 0.1) is 0 Å². The molecule has 3 rings (SSSR count). The largest absolute Gasteiger partial charge is 0.497 e. The molecule has 122 valence electrons. The SMILES string of the molecule is COc1ccc(-n2ccnc2SC(C)C(=O)N2CCCC2)cc1. The molecule has 0 N–H and O–H groups in total. The molecule has 0 aliphatic carbocycles. The van der Waals surface area contributed by atoms with Crippen molar-refractivity contribution in [3.05, 3.63) is 36.7 Å². The maximum Gasteiger partial charge on any atom is 0.235 e. The van der Waals surface area contributed by atoms with Crippen molar-refractivity contribution in [1.29, 1.82) is 0 Å². The van der Waals surface area contributed by atoms with E-state index in [2.05, 4.69) is 4.98 Å². The summed E-state index contributed by atoms with van der Waals surface area (Å²) in [6, 6.07) is 7.81. The van der Waals surface area contributed by atoms with E-state index in [1.54, 1.807) is 13.3 Å². The van der Waals surface area contributed by atoms with E-state index in [1.165, 1.54) is 11.8 Å². The fraction of sp³-hybridized carbons (Fsp3) is 0.412. The first-order valence-electron chi connectivity index (χ1n) is 7.82. The monoisotopic (exact) mass is 331 g/mol. The third-order valence-corrected chi connectivity index (χ3v) is 5.07. The second kappa shape index (κ2) is 7.08. The van der Waals surface area contributed by atoms with Gasteiger partial charge in [0.05, 0.1) is 12.4 Å². The van der Waals surface area contributed by atoms with Gasteiger partial charge in [0.1, 0.15) is 5.75 Å². The smallest absolute Gasteiger partial charge is 0.235 e. The molecule has 2 heterocycles. The Morgan fingerprint density at radius 3 is 2.61 bits per heavy atom. The number of carbonyl (C=O) groups is 1. The van der Waals surface area contributed by atoms with Crippen LogP contribution in [-0.2, 0) is 4.79 Å². The minimum absolute atomic E-state index is 0.132. The zero-order valence-electron chi connectivity index (χ0n) is 13.4. The van der Waals surface area contributed by atoms with Gasteiger partial charge in [0.25, 0.3) is 0 Å². The van der Waals surface area contributed by atoms with E-state index < -0.39 is 0 Å². The summed E-state index contributed by atoms with van der Waals surface area (Å²) in [7, 11) is 1.65. The van der Waals surface area contributed by atoms with Gasteiger partial charge in [-0.05, 0) is 44.0 Å². The van der Waals surface area contributed by atoms with Crippen LogP contribution in [0.1, 0.15) is 19.8 Å². The van der Waals surface area contributed by atoms with Gasteiger partial charge in [-0.1, -0.05) is 11.8 Å². The van der Waals surface area contributed by atoms with Gasteiger partial charge in [-0.25, -0.2) is 4.98 Å². The molecule has 1 atom stereocenters. The molecule has 23 heavy (non-hydrogen) atoms. The first-order chi connectivity index (χ1) is 11.2. The first-order valence-corrected chi connectivity index (χ1v) is 8.70. The maximum absolute atomic E-state index is 12.5. The Labute approximate surface area is 140 Å². The summed E-state index contributed by atoms with van der Waals surface area (Å²) >= 11 is 1.51. The van der Waals surface area contributed by atoms with Crippen molar-refractivity contribution in [2.75, 3.05) is 20.2 Å². The average molecular weight is 331 g/mol. The molecule has 0 saturated carbocycles. The number of benzene rings is 1. The molecular formula is C17H21N3O2S. The van der Waals surface area contributed by atoms with Crippen LogP contribution in [0.5, 0.6) is 5.75 Å². The van der Waals surface area contributed by atoms with Crippen molar-refractivity contribution >= 4 is 17.7 Å². The number of aromatic nitrogens is 2. The van der Waals surface area contributed by atoms with Gasteiger partial charge in [0.15, 0.2) is 5.16 Å². The van der Waals surface area contributed by atoms with Crippen LogP contribution >= 0.6 is 11.8 Å². The molecule has 1 aliphatic rings. The van der Waals surface area contributed by atoms with Crippen LogP contribution in [0.2, 0.25) is 0 Å². The van der Waals surface area contributed by atoms with E-state index in [9.17, 15) is 4.79 Å². The number of hydrogen-bond donors (Lipinski definition) is 0. The number of methoxy groups -OCH3 is 1. The minimum Gasteiger partial charge on any atom is -0.497 e. The summed E-state index contributed by atoms with van der Waals surface area (Å²) < 4.78 is 7.19. The normalized spacial score (nSPS) is 15.7. The van der Waals surface area contributed by atoms with Gasteiger partial charge < -0.3 is 9.64 Å². The fourth-order valence-electron chi connectivity index (χ4n) is 2.72. The molecule has 1 unspecified atom stereocenters. The van der Waals surface area contributed by atoms with Gasteiger partial charge in [-0.2, -0.15) is 0 Å². The van der Waals surface area contributed by atoms with E-state index in [1.807, 2.05) is 46.9 Å². The predicted molar refractivity (Wildman–Crippen MR) is 91.2 cm³/mol. The van der Waals surface area contributed by atoms with Gasteiger partial charge in [0, 0.05) is 31.2 Å². The van der Waals surface area contributed by atoms with Crippen molar-refractivity contribution in [2.24, 2.45) is 0 Å². The van der Waals surface area contributed by atoms with Gasteiger partial charge in [-0.15, -0.1) is 0 Å². The molecule has 1 fully saturated rings. The number of imidazole rings is 1. The van der Waals surface area contributed by atoms with Crippen LogP contribution in [0.15, 0.2) is 41.8 Å². The number of likely N-dealkylation sites (tertiary alicyclic amines) is 1. The molecular weight excluding hydrogens is 310 g/mol. The molecule has 1 aliphatic heterocycles. The molecule has 1 saturated heterocycles. The lowest BCUT2D eigenvalue weighted by Gasteiger charge is -2.20. The van der Waals surface area contributed by atoms with Crippen molar-refractivity contribution < 1.29 is 9.53 Å². The van der Waals surface area contributed by atoms with E-state index in [-0.39, 0.29) is 11.2 Å². The summed E-state index contributed by atoms with van der Waals surface area (Å²) in [4.78, 5) is 18.8. The Kier molecular flexibility index (Phi) is 4.91. The zero-order chi connectivity index (χ0) is 16.2. The van der Waals surface area contributed by atoms with Gasteiger partial charge >= 0.3 is 0 Å². The Morgan fingerprint density at radius 2 is 1.96 bits per heavy atom. The topological polar surface area (TPSA) is 47.4 Å². The van der Waals surface area contributed by atoms with Crippen LogP contribution in [0.3, 0.4) is 0 Å². The standard InChI is InChI=1S/C17H21N3O2S/c1-13(16(21)19-10-3-4-11-19)23-17-18-9-12-20(17)14-5-7-15(22-2)8-6-14/h5-9,12-13H,3-4,10-11H2,1-2H3. The zero-order valence-corrected chi connectivity index (χ0v) is 14.3. The molecule has 1 aromatic heterocycles. The molecule has 1 amide bonds. The highest BCUT2D eigenvalue weighted by atomic mass is 32.2. The Hall–Kier alpha value is -1.95. The van der Waals surface area contributed by atoms with Crippen molar-refractivity contribution in [2.45, 2.75) is 30.2 Å². The van der Waals surface area contributed by atoms with Crippen LogP contribution in [0.4, 0.5) is 0 Å². The maximum atomic E-state index is 12.5. The molecule has 0 spiro atoms. The molecule has 0 radical (unpaired) electrons. The Balaban J connectivity index is 1.73. The van der Waals surface area contributed by atoms with Crippen LogP contribution in [0.25, 0.3) is 5.69 Å². The quantitative estimate of drug-likeness (QED) is 0.790. The lowest BCUT2D eigenvalue weighted by Crippen LogP contribution is -2.34. The van der Waals surface area contributed by atoms with Gasteiger partial charge in [-0.3, -0.25) is 9.36 Å². The molecule has 0 bridgehead atoms. The highest BCUT2D eigenvalue weighted by Crippen LogP contribution is 2.27. The number of thioether (sulfide) groups is 1. The lowest BCUT2D eigenvalue weighted by molar-refractivity contribution is -0.129. The molecule has 1 aromatic carbocycles. The number of nitrogens with zero attached hydrogens (tertiary/aromatic N) is 3. The number of amides is 1. The molecule has 5 nitrogen and oxygen atoms in total. The highest BCUT2D eigenvalue weighted by Gasteiger charge is 2.25. The summed E-state index contributed by atoms with van der Waals surface area (Å²) in [5.74, 6) is 1.03. The summed E-state index contributed by atoms with van der Waals surface area (Å²) in [5.41, 5.74) is 1.01. The molecule has 2 aromatic rings. The van der Waals surface area contributed by atoms with E-state index in [0.29, 0.717) is 0 Å².